The molecule has 0 spiro atoms. The fourth-order valence-corrected chi connectivity index (χ4v) is 1.53. The molecule has 1 aromatic rings. The lowest BCUT2D eigenvalue weighted by Crippen LogP contribution is -2.10. The van der Waals surface area contributed by atoms with Crippen molar-refractivity contribution in [1.29, 1.82) is 0 Å². The van der Waals surface area contributed by atoms with E-state index in [2.05, 4.69) is 0 Å². The maximum absolute atomic E-state index is 11.0. The maximum atomic E-state index is 11.0. The molecule has 0 atom stereocenters. The molecule has 5 heteroatoms. The van der Waals surface area contributed by atoms with Gasteiger partial charge < -0.3 is 14.9 Å². The average molecular weight is 224 g/mol. The lowest BCUT2D eigenvalue weighted by atomic mass is 10.0. The summed E-state index contributed by atoms with van der Waals surface area (Å²) >= 11 is 0. The number of methoxy groups -OCH3 is 1. The van der Waals surface area contributed by atoms with Crippen molar-refractivity contribution in [3.8, 4) is 5.75 Å². The van der Waals surface area contributed by atoms with Crippen LogP contribution in [-0.2, 0) is 11.2 Å². The highest BCUT2D eigenvalue weighted by Gasteiger charge is 2.18. The summed E-state index contributed by atoms with van der Waals surface area (Å²) in [5.74, 6) is -2.08. The van der Waals surface area contributed by atoms with E-state index in [1.165, 1.54) is 7.11 Å². The SMILES string of the molecule is COc1cc(C)cc(CC(=O)O)c1C(=O)O. The van der Waals surface area contributed by atoms with Gasteiger partial charge in [0.2, 0.25) is 0 Å². The number of hydrogen-bond donors (Lipinski definition) is 2. The molecule has 0 saturated heterocycles. The zero-order chi connectivity index (χ0) is 12.3. The van der Waals surface area contributed by atoms with Crippen LogP contribution in [0.5, 0.6) is 5.75 Å². The minimum absolute atomic E-state index is 0.0875. The molecule has 0 unspecified atom stereocenters. The molecule has 86 valence electrons. The van der Waals surface area contributed by atoms with Crippen LogP contribution in [0.1, 0.15) is 21.5 Å². The van der Waals surface area contributed by atoms with Crippen molar-refractivity contribution in [3.63, 3.8) is 0 Å². The summed E-state index contributed by atoms with van der Waals surface area (Å²) < 4.78 is 4.94. The van der Waals surface area contributed by atoms with Crippen LogP contribution in [0.15, 0.2) is 12.1 Å². The summed E-state index contributed by atoms with van der Waals surface area (Å²) in [7, 11) is 1.35. The summed E-state index contributed by atoms with van der Waals surface area (Å²) in [5.41, 5.74) is 0.922. The highest BCUT2D eigenvalue weighted by molar-refractivity contribution is 5.94. The molecule has 16 heavy (non-hydrogen) atoms. The Labute approximate surface area is 92.3 Å². The Morgan fingerprint density at radius 2 is 1.94 bits per heavy atom. The number of ether oxygens (including phenoxy) is 1. The molecule has 2 N–H and O–H groups in total. The van der Waals surface area contributed by atoms with E-state index in [0.29, 0.717) is 0 Å². The van der Waals surface area contributed by atoms with Gasteiger partial charge in [0.25, 0.3) is 0 Å². The van der Waals surface area contributed by atoms with E-state index in [-0.39, 0.29) is 23.3 Å². The van der Waals surface area contributed by atoms with Crippen LogP contribution in [-0.4, -0.2) is 29.3 Å². The second-order valence-corrected chi connectivity index (χ2v) is 3.38. The van der Waals surface area contributed by atoms with Gasteiger partial charge in [-0.25, -0.2) is 4.79 Å². The number of hydrogen-bond acceptors (Lipinski definition) is 3. The van der Waals surface area contributed by atoms with Crippen LogP contribution in [0.4, 0.5) is 0 Å². The van der Waals surface area contributed by atoms with Gasteiger partial charge >= 0.3 is 11.9 Å². The molecule has 0 aliphatic carbocycles. The number of carboxylic acids is 2. The maximum Gasteiger partial charge on any atom is 0.339 e. The third-order valence-electron chi connectivity index (χ3n) is 2.10. The van der Waals surface area contributed by atoms with Gasteiger partial charge in [0.15, 0.2) is 0 Å². The fourth-order valence-electron chi connectivity index (χ4n) is 1.53. The summed E-state index contributed by atoms with van der Waals surface area (Å²) in [4.78, 5) is 21.6. The largest absolute Gasteiger partial charge is 0.496 e. The van der Waals surface area contributed by atoms with E-state index in [1.54, 1.807) is 19.1 Å². The topological polar surface area (TPSA) is 83.8 Å². The molecule has 0 heterocycles. The predicted octanol–water partition coefficient (Wildman–Crippen LogP) is 1.33. The van der Waals surface area contributed by atoms with Gasteiger partial charge in [-0.2, -0.15) is 0 Å². The van der Waals surface area contributed by atoms with Crippen LogP contribution in [0.3, 0.4) is 0 Å². The first-order valence-electron chi connectivity index (χ1n) is 4.58. The third kappa shape index (κ3) is 2.50. The van der Waals surface area contributed by atoms with Crippen molar-refractivity contribution in [2.24, 2.45) is 0 Å². The number of carbonyl (C=O) groups is 2. The van der Waals surface area contributed by atoms with Crippen molar-refractivity contribution in [1.82, 2.24) is 0 Å². The highest BCUT2D eigenvalue weighted by atomic mass is 16.5. The van der Waals surface area contributed by atoms with Gasteiger partial charge in [-0.05, 0) is 24.1 Å². The van der Waals surface area contributed by atoms with Crippen LogP contribution in [0.25, 0.3) is 0 Å². The summed E-state index contributed by atoms with van der Waals surface area (Å²) in [5, 5.41) is 17.7. The van der Waals surface area contributed by atoms with Gasteiger partial charge in [-0.3, -0.25) is 4.79 Å². The quantitative estimate of drug-likeness (QED) is 0.806. The van der Waals surface area contributed by atoms with Crippen LogP contribution in [0.2, 0.25) is 0 Å². The normalized spacial score (nSPS) is 9.88. The van der Waals surface area contributed by atoms with E-state index in [0.717, 1.165) is 5.56 Å². The van der Waals surface area contributed by atoms with Gasteiger partial charge in [0, 0.05) is 0 Å². The average Bonchev–Trinajstić information content (AvgIpc) is 2.14. The molecule has 0 aliphatic rings. The van der Waals surface area contributed by atoms with Crippen molar-refractivity contribution < 1.29 is 24.5 Å². The molecule has 1 rings (SSSR count). The van der Waals surface area contributed by atoms with Crippen molar-refractivity contribution in [2.75, 3.05) is 7.11 Å². The second-order valence-electron chi connectivity index (χ2n) is 3.38. The lowest BCUT2D eigenvalue weighted by molar-refractivity contribution is -0.136. The molecule has 0 saturated carbocycles. The summed E-state index contributed by atoms with van der Waals surface area (Å²) in [6.07, 6.45) is -0.334. The zero-order valence-corrected chi connectivity index (χ0v) is 8.98. The van der Waals surface area contributed by atoms with E-state index >= 15 is 0 Å². The first-order chi connectivity index (χ1) is 7.45. The number of rotatable bonds is 4. The van der Waals surface area contributed by atoms with Crippen molar-refractivity contribution >= 4 is 11.9 Å². The van der Waals surface area contributed by atoms with Crippen LogP contribution < -0.4 is 4.74 Å². The van der Waals surface area contributed by atoms with E-state index in [9.17, 15) is 9.59 Å². The number of aliphatic carboxylic acids is 1. The molecular formula is C11H12O5. The summed E-state index contributed by atoms with van der Waals surface area (Å²) in [6, 6.07) is 3.11. The standard InChI is InChI=1S/C11H12O5/c1-6-3-7(5-9(12)13)10(11(14)15)8(4-6)16-2/h3-4H,5H2,1-2H3,(H,12,13)(H,14,15). The molecule has 5 nitrogen and oxygen atoms in total. The van der Waals surface area contributed by atoms with Gasteiger partial charge in [0.1, 0.15) is 11.3 Å². The molecular weight excluding hydrogens is 212 g/mol. The van der Waals surface area contributed by atoms with E-state index in [4.69, 9.17) is 14.9 Å². The minimum Gasteiger partial charge on any atom is -0.496 e. The van der Waals surface area contributed by atoms with Gasteiger partial charge in [0.05, 0.1) is 13.5 Å². The van der Waals surface area contributed by atoms with Gasteiger partial charge in [-0.1, -0.05) is 6.07 Å². The van der Waals surface area contributed by atoms with E-state index < -0.39 is 11.9 Å². The minimum atomic E-state index is -1.19. The van der Waals surface area contributed by atoms with Crippen LogP contribution >= 0.6 is 0 Å². The van der Waals surface area contributed by atoms with Gasteiger partial charge in [-0.15, -0.1) is 0 Å². The zero-order valence-electron chi connectivity index (χ0n) is 8.98. The lowest BCUT2D eigenvalue weighted by Gasteiger charge is -2.10. The molecule has 0 fully saturated rings. The Balaban J connectivity index is 3.37. The van der Waals surface area contributed by atoms with Crippen molar-refractivity contribution in [3.05, 3.63) is 28.8 Å². The number of aromatic carboxylic acids is 1. The monoisotopic (exact) mass is 224 g/mol. The smallest absolute Gasteiger partial charge is 0.339 e. The number of benzene rings is 1. The summed E-state index contributed by atoms with van der Waals surface area (Å²) in [6.45, 7) is 1.75. The second kappa shape index (κ2) is 4.65. The molecule has 0 radical (unpaired) electrons. The molecule has 0 amide bonds. The molecule has 1 aromatic carbocycles. The predicted molar refractivity (Wildman–Crippen MR) is 56.0 cm³/mol. The number of aryl methyl sites for hydroxylation is 1. The Morgan fingerprint density at radius 3 is 2.38 bits per heavy atom. The highest BCUT2D eigenvalue weighted by Crippen LogP contribution is 2.25. The molecule has 0 aromatic heterocycles. The Morgan fingerprint density at radius 1 is 1.31 bits per heavy atom. The molecule has 0 aliphatic heterocycles. The Kier molecular flexibility index (Phi) is 3.50. The van der Waals surface area contributed by atoms with Crippen LogP contribution in [0, 0.1) is 6.92 Å². The first-order valence-corrected chi connectivity index (χ1v) is 4.58. The van der Waals surface area contributed by atoms with E-state index in [1.807, 2.05) is 0 Å². The Hall–Kier alpha value is -2.04. The van der Waals surface area contributed by atoms with Crippen molar-refractivity contribution in [2.45, 2.75) is 13.3 Å². The Bertz CT molecular complexity index is 436. The molecule has 0 bridgehead atoms. The first kappa shape index (κ1) is 12.0. The number of carboxylic acid groups (broad SMARTS) is 2. The fraction of sp³-hybridized carbons (Fsp3) is 0.273. The third-order valence-corrected chi connectivity index (χ3v) is 2.10.